The third-order valence-electron chi connectivity index (χ3n) is 3.05. The minimum atomic E-state index is -1.01. The molecule has 0 aliphatic carbocycles. The normalized spacial score (nSPS) is 21.1. The van der Waals surface area contributed by atoms with Crippen LogP contribution >= 0.6 is 0 Å². The van der Waals surface area contributed by atoms with Crippen LogP contribution in [0.5, 0.6) is 0 Å². The first-order chi connectivity index (χ1) is 8.16. The van der Waals surface area contributed by atoms with E-state index in [1.54, 1.807) is 12.1 Å². The molecule has 0 amide bonds. The Labute approximate surface area is 99.8 Å². The molecule has 1 fully saturated rings. The average Bonchev–Trinajstić information content (AvgIpc) is 2.82. The lowest BCUT2D eigenvalue weighted by atomic mass is 10.0. The molecular formula is C12H16N2O3. The number of ether oxygens (including phenoxy) is 1. The fourth-order valence-electron chi connectivity index (χ4n) is 1.97. The quantitative estimate of drug-likeness (QED) is 0.831. The molecule has 5 nitrogen and oxygen atoms in total. The first kappa shape index (κ1) is 11.9. The second-order valence-electron chi connectivity index (χ2n) is 4.29. The lowest BCUT2D eigenvalue weighted by Crippen LogP contribution is -2.26. The van der Waals surface area contributed by atoms with Gasteiger partial charge in [0.05, 0.1) is 6.61 Å². The van der Waals surface area contributed by atoms with Gasteiger partial charge >= 0.3 is 5.97 Å². The van der Waals surface area contributed by atoms with Crippen LogP contribution in [0.1, 0.15) is 23.8 Å². The molecule has 1 aromatic rings. The Balaban J connectivity index is 2.02. The SMILES string of the molecule is CC(Nc1ccnc(C(=O)O)c1)C1CCOC1. The minimum Gasteiger partial charge on any atom is -0.477 e. The zero-order valence-electron chi connectivity index (χ0n) is 9.72. The maximum Gasteiger partial charge on any atom is 0.354 e. The molecule has 1 aliphatic heterocycles. The number of aromatic carboxylic acids is 1. The van der Waals surface area contributed by atoms with E-state index in [1.165, 1.54) is 6.20 Å². The summed E-state index contributed by atoms with van der Waals surface area (Å²) in [6, 6.07) is 3.59. The number of carboxylic acid groups (broad SMARTS) is 1. The van der Waals surface area contributed by atoms with E-state index in [-0.39, 0.29) is 11.7 Å². The molecule has 2 atom stereocenters. The predicted molar refractivity (Wildman–Crippen MR) is 63.2 cm³/mol. The van der Waals surface area contributed by atoms with Gasteiger partial charge in [0.2, 0.25) is 0 Å². The first-order valence-corrected chi connectivity index (χ1v) is 5.70. The van der Waals surface area contributed by atoms with E-state index in [0.717, 1.165) is 25.3 Å². The maximum absolute atomic E-state index is 10.8. The summed E-state index contributed by atoms with van der Waals surface area (Å²) >= 11 is 0. The summed E-state index contributed by atoms with van der Waals surface area (Å²) in [4.78, 5) is 14.6. The molecule has 2 N–H and O–H groups in total. The fraction of sp³-hybridized carbons (Fsp3) is 0.500. The molecule has 2 heterocycles. The van der Waals surface area contributed by atoms with Gasteiger partial charge in [-0.25, -0.2) is 9.78 Å². The van der Waals surface area contributed by atoms with Gasteiger partial charge in [-0.05, 0) is 25.5 Å². The molecular weight excluding hydrogens is 220 g/mol. The van der Waals surface area contributed by atoms with Gasteiger partial charge in [0, 0.05) is 30.5 Å². The van der Waals surface area contributed by atoms with Gasteiger partial charge in [-0.3, -0.25) is 0 Å². The number of nitrogens with zero attached hydrogens (tertiary/aromatic N) is 1. The highest BCUT2D eigenvalue weighted by Gasteiger charge is 2.22. The minimum absolute atomic E-state index is 0.0601. The van der Waals surface area contributed by atoms with Crippen LogP contribution in [0.3, 0.4) is 0 Å². The molecule has 0 radical (unpaired) electrons. The number of aromatic nitrogens is 1. The van der Waals surface area contributed by atoms with Crippen molar-refractivity contribution in [1.29, 1.82) is 0 Å². The van der Waals surface area contributed by atoms with Crippen molar-refractivity contribution in [2.45, 2.75) is 19.4 Å². The zero-order valence-corrected chi connectivity index (χ0v) is 9.72. The molecule has 0 saturated carbocycles. The van der Waals surface area contributed by atoms with Crippen molar-refractivity contribution in [2.24, 2.45) is 5.92 Å². The number of anilines is 1. The molecule has 17 heavy (non-hydrogen) atoms. The standard InChI is InChI=1S/C12H16N2O3/c1-8(9-3-5-17-7-9)14-10-2-4-13-11(6-10)12(15)16/h2,4,6,8-9H,3,5,7H2,1H3,(H,13,14)(H,15,16). The highest BCUT2D eigenvalue weighted by molar-refractivity contribution is 5.86. The third-order valence-corrected chi connectivity index (χ3v) is 3.05. The lowest BCUT2D eigenvalue weighted by Gasteiger charge is -2.20. The van der Waals surface area contributed by atoms with E-state index in [4.69, 9.17) is 9.84 Å². The lowest BCUT2D eigenvalue weighted by molar-refractivity contribution is 0.0690. The fourth-order valence-corrected chi connectivity index (χ4v) is 1.97. The van der Waals surface area contributed by atoms with Crippen LogP contribution in [-0.2, 0) is 4.74 Å². The maximum atomic E-state index is 10.8. The molecule has 5 heteroatoms. The topological polar surface area (TPSA) is 71.5 Å². The largest absolute Gasteiger partial charge is 0.477 e. The second kappa shape index (κ2) is 5.14. The van der Waals surface area contributed by atoms with E-state index < -0.39 is 5.97 Å². The Morgan fingerprint density at radius 2 is 2.53 bits per heavy atom. The number of carbonyl (C=O) groups is 1. The highest BCUT2D eigenvalue weighted by atomic mass is 16.5. The molecule has 0 spiro atoms. The second-order valence-corrected chi connectivity index (χ2v) is 4.29. The number of carboxylic acids is 1. The van der Waals surface area contributed by atoms with Crippen molar-refractivity contribution in [3.63, 3.8) is 0 Å². The van der Waals surface area contributed by atoms with Crippen LogP contribution in [-0.4, -0.2) is 35.3 Å². The number of hydrogen-bond acceptors (Lipinski definition) is 4. The molecule has 0 bridgehead atoms. The smallest absolute Gasteiger partial charge is 0.354 e. The summed E-state index contributed by atoms with van der Waals surface area (Å²) in [5.74, 6) is -0.526. The number of rotatable bonds is 4. The van der Waals surface area contributed by atoms with Gasteiger partial charge in [0.15, 0.2) is 0 Å². The summed E-state index contributed by atoms with van der Waals surface area (Å²) in [5, 5.41) is 12.1. The van der Waals surface area contributed by atoms with Gasteiger partial charge in [-0.2, -0.15) is 0 Å². The summed E-state index contributed by atoms with van der Waals surface area (Å²) in [6.07, 6.45) is 2.55. The summed E-state index contributed by atoms with van der Waals surface area (Å²) in [5.41, 5.74) is 0.849. The zero-order chi connectivity index (χ0) is 12.3. The van der Waals surface area contributed by atoms with Gasteiger partial charge in [-0.15, -0.1) is 0 Å². The van der Waals surface area contributed by atoms with E-state index in [1.807, 2.05) is 0 Å². The Kier molecular flexibility index (Phi) is 3.58. The van der Waals surface area contributed by atoms with Crippen LogP contribution in [0.15, 0.2) is 18.3 Å². The van der Waals surface area contributed by atoms with E-state index >= 15 is 0 Å². The first-order valence-electron chi connectivity index (χ1n) is 5.70. The van der Waals surface area contributed by atoms with Crippen molar-refractivity contribution in [3.05, 3.63) is 24.0 Å². The highest BCUT2D eigenvalue weighted by Crippen LogP contribution is 2.20. The van der Waals surface area contributed by atoms with E-state index in [2.05, 4.69) is 17.2 Å². The molecule has 1 aliphatic rings. The number of hydrogen-bond donors (Lipinski definition) is 2. The van der Waals surface area contributed by atoms with Crippen molar-refractivity contribution in [3.8, 4) is 0 Å². The molecule has 1 saturated heterocycles. The molecule has 1 aromatic heterocycles. The van der Waals surface area contributed by atoms with Crippen LogP contribution in [0.4, 0.5) is 5.69 Å². The summed E-state index contributed by atoms with van der Waals surface area (Å²) in [6.45, 7) is 3.67. The predicted octanol–water partition coefficient (Wildman–Crippen LogP) is 1.62. The van der Waals surface area contributed by atoms with Crippen LogP contribution in [0, 0.1) is 5.92 Å². The van der Waals surface area contributed by atoms with Gasteiger partial charge in [0.1, 0.15) is 5.69 Å². The Bertz CT molecular complexity index is 402. The monoisotopic (exact) mass is 236 g/mol. The van der Waals surface area contributed by atoms with Crippen LogP contribution in [0.25, 0.3) is 0 Å². The van der Waals surface area contributed by atoms with Gasteiger partial charge in [0.25, 0.3) is 0 Å². The van der Waals surface area contributed by atoms with Crippen LogP contribution in [0.2, 0.25) is 0 Å². The van der Waals surface area contributed by atoms with Crippen molar-refractivity contribution in [2.75, 3.05) is 18.5 Å². The Hall–Kier alpha value is -1.62. The Morgan fingerprint density at radius 1 is 1.71 bits per heavy atom. The summed E-state index contributed by atoms with van der Waals surface area (Å²) < 4.78 is 5.33. The van der Waals surface area contributed by atoms with Crippen molar-refractivity contribution >= 4 is 11.7 Å². The molecule has 2 unspecified atom stereocenters. The average molecular weight is 236 g/mol. The Morgan fingerprint density at radius 3 is 3.18 bits per heavy atom. The number of pyridine rings is 1. The number of nitrogens with one attached hydrogen (secondary N) is 1. The van der Waals surface area contributed by atoms with Crippen molar-refractivity contribution in [1.82, 2.24) is 4.98 Å². The third kappa shape index (κ3) is 2.94. The molecule has 2 rings (SSSR count). The van der Waals surface area contributed by atoms with Crippen LogP contribution < -0.4 is 5.32 Å². The molecule has 0 aromatic carbocycles. The molecule has 92 valence electrons. The van der Waals surface area contributed by atoms with Gasteiger partial charge < -0.3 is 15.2 Å². The van der Waals surface area contributed by atoms with E-state index in [0.29, 0.717) is 5.92 Å². The van der Waals surface area contributed by atoms with Gasteiger partial charge in [-0.1, -0.05) is 0 Å². The van der Waals surface area contributed by atoms with Crippen molar-refractivity contribution < 1.29 is 14.6 Å². The van der Waals surface area contributed by atoms with E-state index in [9.17, 15) is 4.79 Å². The summed E-state index contributed by atoms with van der Waals surface area (Å²) in [7, 11) is 0.